The Morgan fingerprint density at radius 2 is 2.09 bits per heavy atom. The fourth-order valence-electron chi connectivity index (χ4n) is 1.12. The molecule has 11 heavy (non-hydrogen) atoms. The van der Waals surface area contributed by atoms with Crippen LogP contribution in [0, 0.1) is 11.3 Å². The lowest BCUT2D eigenvalue weighted by atomic mass is 9.95. The van der Waals surface area contributed by atoms with Crippen molar-refractivity contribution in [2.75, 3.05) is 0 Å². The summed E-state index contributed by atoms with van der Waals surface area (Å²) in [7, 11) is 0. The maximum absolute atomic E-state index is 7.74. The third-order valence-electron chi connectivity index (χ3n) is 2.07. The van der Waals surface area contributed by atoms with Crippen LogP contribution in [0.4, 0.5) is 0 Å². The van der Waals surface area contributed by atoms with Gasteiger partial charge in [-0.1, -0.05) is 26.3 Å². The summed E-state index contributed by atoms with van der Waals surface area (Å²) in [5, 5.41) is 7.74. The Bertz CT molecular complexity index is 156. The van der Waals surface area contributed by atoms with Crippen molar-refractivity contribution in [2.24, 2.45) is 5.92 Å². The summed E-state index contributed by atoms with van der Waals surface area (Å²) < 4.78 is 0. The highest BCUT2D eigenvalue weighted by Crippen LogP contribution is 2.11. The number of rotatable bonds is 4. The van der Waals surface area contributed by atoms with Crippen LogP contribution in [0.2, 0.25) is 0 Å². The molecule has 0 bridgehead atoms. The van der Waals surface area contributed by atoms with Gasteiger partial charge in [-0.25, -0.2) is 0 Å². The molecule has 0 heterocycles. The molecule has 1 heteroatoms. The average Bonchev–Trinajstić information content (AvgIpc) is 2.02. The Labute approximate surface area is 70.0 Å². The highest BCUT2D eigenvalue weighted by atomic mass is 14.4. The topological polar surface area (TPSA) is 23.9 Å². The fraction of sp³-hybridized carbons (Fsp3) is 0.700. The van der Waals surface area contributed by atoms with Crippen LogP contribution in [-0.2, 0) is 0 Å². The summed E-state index contributed by atoms with van der Waals surface area (Å²) in [6.07, 6.45) is 4.30. The molecule has 1 unspecified atom stereocenters. The summed E-state index contributed by atoms with van der Waals surface area (Å²) >= 11 is 0. The predicted molar refractivity (Wildman–Crippen MR) is 51.2 cm³/mol. The normalized spacial score (nSPS) is 14.7. The molecule has 0 aliphatic carbocycles. The first-order valence-corrected chi connectivity index (χ1v) is 4.35. The van der Waals surface area contributed by atoms with Gasteiger partial charge < -0.3 is 5.41 Å². The first-order chi connectivity index (χ1) is 5.13. The van der Waals surface area contributed by atoms with Crippen LogP contribution in [0.5, 0.6) is 0 Å². The molecule has 1 N–H and O–H groups in total. The van der Waals surface area contributed by atoms with Crippen molar-refractivity contribution in [1.82, 2.24) is 0 Å². The molecular formula is C10H19N. The van der Waals surface area contributed by atoms with Gasteiger partial charge in [0, 0.05) is 5.71 Å². The lowest BCUT2D eigenvalue weighted by Crippen LogP contribution is -2.10. The molecule has 0 spiro atoms. The van der Waals surface area contributed by atoms with E-state index in [0.717, 1.165) is 17.7 Å². The van der Waals surface area contributed by atoms with Gasteiger partial charge in [0.05, 0.1) is 0 Å². The quantitative estimate of drug-likeness (QED) is 0.598. The number of hydrogen-bond acceptors (Lipinski definition) is 1. The Morgan fingerprint density at radius 1 is 1.55 bits per heavy atom. The predicted octanol–water partition coefficient (Wildman–Crippen LogP) is 3.41. The zero-order valence-electron chi connectivity index (χ0n) is 8.07. The second-order valence-electron chi connectivity index (χ2n) is 3.08. The van der Waals surface area contributed by atoms with Gasteiger partial charge >= 0.3 is 0 Å². The van der Waals surface area contributed by atoms with Gasteiger partial charge in [0.1, 0.15) is 0 Å². The summed E-state index contributed by atoms with van der Waals surface area (Å²) in [5.41, 5.74) is 1.92. The average molecular weight is 153 g/mol. The minimum absolute atomic E-state index is 0.427. The summed E-state index contributed by atoms with van der Waals surface area (Å²) in [5.74, 6) is 0.427. The summed E-state index contributed by atoms with van der Waals surface area (Å²) in [4.78, 5) is 0. The van der Waals surface area contributed by atoms with Gasteiger partial charge in [0.2, 0.25) is 0 Å². The van der Waals surface area contributed by atoms with Crippen molar-refractivity contribution in [2.45, 2.75) is 40.5 Å². The zero-order valence-corrected chi connectivity index (χ0v) is 8.07. The lowest BCUT2D eigenvalue weighted by Gasteiger charge is -2.11. The van der Waals surface area contributed by atoms with Crippen LogP contribution in [0.3, 0.4) is 0 Å². The number of hydrogen-bond donors (Lipinski definition) is 1. The van der Waals surface area contributed by atoms with E-state index in [-0.39, 0.29) is 0 Å². The van der Waals surface area contributed by atoms with E-state index in [1.165, 1.54) is 6.42 Å². The van der Waals surface area contributed by atoms with Gasteiger partial charge in [-0.2, -0.15) is 0 Å². The van der Waals surface area contributed by atoms with Crippen LogP contribution in [0.15, 0.2) is 11.6 Å². The monoisotopic (exact) mass is 153 g/mol. The molecule has 1 atom stereocenters. The van der Waals surface area contributed by atoms with E-state index >= 15 is 0 Å². The van der Waals surface area contributed by atoms with E-state index in [2.05, 4.69) is 13.8 Å². The summed E-state index contributed by atoms with van der Waals surface area (Å²) in [6.45, 7) is 8.28. The first-order valence-electron chi connectivity index (χ1n) is 4.35. The van der Waals surface area contributed by atoms with E-state index in [1.54, 1.807) is 0 Å². The van der Waals surface area contributed by atoms with Gasteiger partial charge in [0.25, 0.3) is 0 Å². The summed E-state index contributed by atoms with van der Waals surface area (Å²) in [6, 6.07) is 0. The highest BCUT2D eigenvalue weighted by molar-refractivity contribution is 5.98. The molecule has 0 amide bonds. The Morgan fingerprint density at radius 3 is 2.45 bits per heavy atom. The molecule has 0 saturated carbocycles. The first kappa shape index (κ1) is 10.4. The van der Waals surface area contributed by atoms with Crippen LogP contribution in [-0.4, -0.2) is 5.71 Å². The molecule has 0 rings (SSSR count). The largest absolute Gasteiger partial charge is 0.305 e. The van der Waals surface area contributed by atoms with Crippen molar-refractivity contribution in [3.05, 3.63) is 11.6 Å². The second-order valence-corrected chi connectivity index (χ2v) is 3.08. The standard InChI is InChI=1S/C10H19N/c1-5-7-9(4)10(11)8(3)6-2/h6,9,11H,5,7H2,1-4H3/b8-6-,11-10?. The fourth-order valence-corrected chi connectivity index (χ4v) is 1.12. The van der Waals surface area contributed by atoms with Gasteiger partial charge in [0.15, 0.2) is 0 Å². The van der Waals surface area contributed by atoms with Crippen molar-refractivity contribution >= 4 is 5.71 Å². The maximum atomic E-state index is 7.74. The zero-order chi connectivity index (χ0) is 8.85. The third-order valence-corrected chi connectivity index (χ3v) is 2.07. The molecule has 0 radical (unpaired) electrons. The maximum Gasteiger partial charge on any atom is 0.0367 e. The molecule has 0 aliphatic heterocycles. The second kappa shape index (κ2) is 5.11. The molecule has 0 saturated heterocycles. The number of allylic oxidation sites excluding steroid dienone is 2. The minimum atomic E-state index is 0.427. The van der Waals surface area contributed by atoms with Crippen molar-refractivity contribution in [1.29, 1.82) is 5.41 Å². The molecular weight excluding hydrogens is 134 g/mol. The highest BCUT2D eigenvalue weighted by Gasteiger charge is 2.07. The lowest BCUT2D eigenvalue weighted by molar-refractivity contribution is 0.663. The Kier molecular flexibility index (Phi) is 4.84. The molecule has 0 aromatic heterocycles. The van der Waals surface area contributed by atoms with Gasteiger partial charge in [-0.05, 0) is 31.8 Å². The molecule has 0 aliphatic rings. The van der Waals surface area contributed by atoms with Crippen LogP contribution in [0.25, 0.3) is 0 Å². The molecule has 64 valence electrons. The van der Waals surface area contributed by atoms with Crippen molar-refractivity contribution in [3.8, 4) is 0 Å². The van der Waals surface area contributed by atoms with Gasteiger partial charge in [-0.3, -0.25) is 0 Å². The van der Waals surface area contributed by atoms with E-state index in [0.29, 0.717) is 5.92 Å². The molecule has 1 nitrogen and oxygen atoms in total. The van der Waals surface area contributed by atoms with Crippen LogP contribution < -0.4 is 0 Å². The third kappa shape index (κ3) is 3.35. The minimum Gasteiger partial charge on any atom is -0.305 e. The van der Waals surface area contributed by atoms with E-state index in [1.807, 2.05) is 19.9 Å². The molecule has 0 aromatic carbocycles. The van der Waals surface area contributed by atoms with Crippen molar-refractivity contribution < 1.29 is 0 Å². The van der Waals surface area contributed by atoms with Crippen LogP contribution >= 0.6 is 0 Å². The Hall–Kier alpha value is -0.590. The van der Waals surface area contributed by atoms with Gasteiger partial charge in [-0.15, -0.1) is 0 Å². The van der Waals surface area contributed by atoms with E-state index in [9.17, 15) is 0 Å². The van der Waals surface area contributed by atoms with E-state index < -0.39 is 0 Å². The molecule has 0 fully saturated rings. The van der Waals surface area contributed by atoms with E-state index in [4.69, 9.17) is 5.41 Å². The van der Waals surface area contributed by atoms with Crippen molar-refractivity contribution in [3.63, 3.8) is 0 Å². The Balaban J connectivity index is 4.02. The number of nitrogens with one attached hydrogen (secondary N) is 1. The molecule has 0 aromatic rings. The smallest absolute Gasteiger partial charge is 0.0367 e. The van der Waals surface area contributed by atoms with Crippen LogP contribution in [0.1, 0.15) is 40.5 Å². The SMILES string of the molecule is C/C=C(/C)C(=N)C(C)CCC.